The third-order valence-electron chi connectivity index (χ3n) is 5.08. The number of ether oxygens (including phenoxy) is 1. The van der Waals surface area contributed by atoms with Gasteiger partial charge in [-0.2, -0.15) is 0 Å². The lowest BCUT2D eigenvalue weighted by molar-refractivity contribution is -0.135. The summed E-state index contributed by atoms with van der Waals surface area (Å²) in [6.45, 7) is 0.431. The first-order valence-corrected chi connectivity index (χ1v) is 8.99. The number of fused-ring (bicyclic) bond motifs is 1. The van der Waals surface area contributed by atoms with Crippen LogP contribution in [0.5, 0.6) is 5.75 Å². The summed E-state index contributed by atoms with van der Waals surface area (Å²) in [6.07, 6.45) is 1.90. The Morgan fingerprint density at radius 1 is 0.964 bits per heavy atom. The number of hydrogen-bond donors (Lipinski definition) is 1. The first-order chi connectivity index (χ1) is 13.5. The van der Waals surface area contributed by atoms with Gasteiger partial charge in [0, 0.05) is 43.3 Å². The number of methoxy groups -OCH3 is 1. The maximum atomic E-state index is 12.9. The van der Waals surface area contributed by atoms with Crippen molar-refractivity contribution in [3.05, 3.63) is 71.6 Å². The number of nitrogens with zero attached hydrogens (tertiary/aromatic N) is 2. The minimum absolute atomic E-state index is 0.293. The van der Waals surface area contributed by atoms with E-state index in [1.165, 1.54) is 7.05 Å². The third-order valence-corrected chi connectivity index (χ3v) is 5.08. The number of aromatic nitrogens is 1. The number of carbonyl (C=O) groups excluding carboxylic acids is 2. The summed E-state index contributed by atoms with van der Waals surface area (Å²) in [4.78, 5) is 26.7. The van der Waals surface area contributed by atoms with Crippen LogP contribution in [-0.2, 0) is 23.2 Å². The molecule has 2 aromatic carbocycles. The summed E-state index contributed by atoms with van der Waals surface area (Å²) in [6, 6.07) is 15.4. The molecule has 1 aliphatic heterocycles. The normalized spacial score (nSPS) is 14.3. The lowest BCUT2D eigenvalue weighted by Crippen LogP contribution is -2.29. The molecule has 0 bridgehead atoms. The SMILES string of the molecule is COc1ccc(CNC2=C(c3cn(C)c4ccccc34)C(=O)N(C)C2=O)cc1. The van der Waals surface area contributed by atoms with Gasteiger partial charge in [-0.05, 0) is 23.8 Å². The van der Waals surface area contributed by atoms with Gasteiger partial charge in [-0.25, -0.2) is 0 Å². The topological polar surface area (TPSA) is 63.6 Å². The number of para-hydroxylation sites is 1. The van der Waals surface area contributed by atoms with Gasteiger partial charge in [0.05, 0.1) is 12.7 Å². The number of nitrogens with one attached hydrogen (secondary N) is 1. The number of amides is 2. The Hall–Kier alpha value is -3.54. The van der Waals surface area contributed by atoms with Gasteiger partial charge in [0.2, 0.25) is 0 Å². The van der Waals surface area contributed by atoms with Gasteiger partial charge < -0.3 is 14.6 Å². The van der Waals surface area contributed by atoms with Crippen molar-refractivity contribution in [1.29, 1.82) is 0 Å². The summed E-state index contributed by atoms with van der Waals surface area (Å²) in [5.41, 5.74) is 3.50. The van der Waals surface area contributed by atoms with E-state index in [9.17, 15) is 9.59 Å². The molecule has 2 heterocycles. The van der Waals surface area contributed by atoms with E-state index in [0.717, 1.165) is 32.7 Å². The molecular formula is C22H21N3O3. The standard InChI is InChI=1S/C22H21N3O3/c1-24-13-17(16-6-4-5-7-18(16)24)19-20(22(27)25(2)21(19)26)23-12-14-8-10-15(28-3)11-9-14/h4-11,13,23H,12H2,1-3H3. The Kier molecular flexibility index (Phi) is 4.39. The maximum absolute atomic E-state index is 12.9. The number of imide groups is 1. The molecule has 6 nitrogen and oxygen atoms in total. The number of carbonyl (C=O) groups is 2. The number of hydrogen-bond acceptors (Lipinski definition) is 4. The molecule has 1 aliphatic rings. The molecule has 1 N–H and O–H groups in total. The average molecular weight is 375 g/mol. The van der Waals surface area contributed by atoms with Crippen LogP contribution in [0.1, 0.15) is 11.1 Å². The van der Waals surface area contributed by atoms with Crippen molar-refractivity contribution in [2.45, 2.75) is 6.54 Å². The van der Waals surface area contributed by atoms with Crippen molar-refractivity contribution in [1.82, 2.24) is 14.8 Å². The molecule has 142 valence electrons. The highest BCUT2D eigenvalue weighted by Crippen LogP contribution is 2.33. The largest absolute Gasteiger partial charge is 0.497 e. The van der Waals surface area contributed by atoms with Crippen molar-refractivity contribution in [2.75, 3.05) is 14.2 Å². The molecule has 4 rings (SSSR count). The Bertz CT molecular complexity index is 1110. The second-order valence-electron chi connectivity index (χ2n) is 6.79. The van der Waals surface area contributed by atoms with E-state index in [4.69, 9.17) is 4.74 Å². The van der Waals surface area contributed by atoms with Gasteiger partial charge >= 0.3 is 0 Å². The first kappa shape index (κ1) is 17.9. The number of benzene rings is 2. The predicted octanol–water partition coefficient (Wildman–Crippen LogP) is 2.69. The van der Waals surface area contributed by atoms with Crippen molar-refractivity contribution >= 4 is 28.3 Å². The van der Waals surface area contributed by atoms with Crippen LogP contribution in [0.15, 0.2) is 60.4 Å². The Morgan fingerprint density at radius 2 is 1.68 bits per heavy atom. The highest BCUT2D eigenvalue weighted by Gasteiger charge is 2.37. The van der Waals surface area contributed by atoms with Gasteiger partial charge in [0.1, 0.15) is 11.4 Å². The second kappa shape index (κ2) is 6.88. The van der Waals surface area contributed by atoms with Crippen LogP contribution in [0.3, 0.4) is 0 Å². The van der Waals surface area contributed by atoms with Crippen LogP contribution < -0.4 is 10.1 Å². The molecule has 1 aromatic heterocycles. The smallest absolute Gasteiger partial charge is 0.277 e. The molecular weight excluding hydrogens is 354 g/mol. The van der Waals surface area contributed by atoms with E-state index in [1.54, 1.807) is 7.11 Å². The summed E-state index contributed by atoms with van der Waals surface area (Å²) < 4.78 is 7.14. The van der Waals surface area contributed by atoms with Crippen molar-refractivity contribution in [3.63, 3.8) is 0 Å². The summed E-state index contributed by atoms with van der Waals surface area (Å²) >= 11 is 0. The molecule has 0 fully saturated rings. The molecule has 3 aromatic rings. The predicted molar refractivity (Wildman–Crippen MR) is 107 cm³/mol. The van der Waals surface area contributed by atoms with E-state index in [1.807, 2.05) is 66.3 Å². The fourth-order valence-electron chi connectivity index (χ4n) is 3.53. The molecule has 0 atom stereocenters. The van der Waals surface area contributed by atoms with Crippen LogP contribution in [0.25, 0.3) is 16.5 Å². The number of rotatable bonds is 5. The van der Waals surface area contributed by atoms with Gasteiger partial charge in [0.15, 0.2) is 0 Å². The molecule has 0 saturated heterocycles. The number of aryl methyl sites for hydroxylation is 1. The second-order valence-corrected chi connectivity index (χ2v) is 6.79. The van der Waals surface area contributed by atoms with E-state index >= 15 is 0 Å². The zero-order valence-electron chi connectivity index (χ0n) is 16.0. The lowest BCUT2D eigenvalue weighted by Gasteiger charge is -2.09. The lowest BCUT2D eigenvalue weighted by atomic mass is 10.0. The summed E-state index contributed by atoms with van der Waals surface area (Å²) in [5, 5.41) is 4.13. The van der Waals surface area contributed by atoms with Crippen molar-refractivity contribution in [3.8, 4) is 5.75 Å². The van der Waals surface area contributed by atoms with Gasteiger partial charge in [0.25, 0.3) is 11.8 Å². The average Bonchev–Trinajstić information content (AvgIpc) is 3.16. The highest BCUT2D eigenvalue weighted by molar-refractivity contribution is 6.36. The molecule has 6 heteroatoms. The van der Waals surface area contributed by atoms with Crippen molar-refractivity contribution < 1.29 is 14.3 Å². The van der Waals surface area contributed by atoms with Gasteiger partial charge in [-0.3, -0.25) is 14.5 Å². The quantitative estimate of drug-likeness (QED) is 0.697. The van der Waals surface area contributed by atoms with Crippen LogP contribution >= 0.6 is 0 Å². The molecule has 0 spiro atoms. The first-order valence-electron chi connectivity index (χ1n) is 8.99. The van der Waals surface area contributed by atoms with Crippen molar-refractivity contribution in [2.24, 2.45) is 7.05 Å². The van der Waals surface area contributed by atoms with E-state index in [0.29, 0.717) is 17.8 Å². The monoisotopic (exact) mass is 375 g/mol. The third kappa shape index (κ3) is 2.83. The molecule has 0 unspecified atom stereocenters. The van der Waals surface area contributed by atoms with Gasteiger partial charge in [-0.1, -0.05) is 30.3 Å². The highest BCUT2D eigenvalue weighted by atomic mass is 16.5. The fourth-order valence-corrected chi connectivity index (χ4v) is 3.53. The Balaban J connectivity index is 1.75. The van der Waals surface area contributed by atoms with Crippen LogP contribution in [0, 0.1) is 0 Å². The van der Waals surface area contributed by atoms with Crippen LogP contribution in [0.4, 0.5) is 0 Å². The number of likely N-dealkylation sites (N-methyl/N-ethyl adjacent to an activating group) is 1. The molecule has 0 saturated carbocycles. The zero-order chi connectivity index (χ0) is 19.8. The fraction of sp³-hybridized carbons (Fsp3) is 0.182. The molecule has 28 heavy (non-hydrogen) atoms. The Labute approximate surface area is 163 Å². The van der Waals surface area contributed by atoms with E-state index in [-0.39, 0.29) is 11.8 Å². The minimum Gasteiger partial charge on any atom is -0.497 e. The maximum Gasteiger partial charge on any atom is 0.277 e. The summed E-state index contributed by atoms with van der Waals surface area (Å²) in [5.74, 6) is 0.159. The minimum atomic E-state index is -0.318. The molecule has 0 aliphatic carbocycles. The summed E-state index contributed by atoms with van der Waals surface area (Å²) in [7, 11) is 5.06. The van der Waals surface area contributed by atoms with Gasteiger partial charge in [-0.15, -0.1) is 0 Å². The molecule has 2 amide bonds. The van der Waals surface area contributed by atoms with Crippen LogP contribution in [-0.4, -0.2) is 35.4 Å². The molecule has 0 radical (unpaired) electrons. The van der Waals surface area contributed by atoms with E-state index < -0.39 is 0 Å². The Morgan fingerprint density at radius 3 is 2.39 bits per heavy atom. The van der Waals surface area contributed by atoms with Crippen LogP contribution in [0.2, 0.25) is 0 Å². The zero-order valence-corrected chi connectivity index (χ0v) is 16.0. The van der Waals surface area contributed by atoms with E-state index in [2.05, 4.69) is 5.32 Å².